The van der Waals surface area contributed by atoms with Crippen molar-refractivity contribution in [1.29, 1.82) is 0 Å². The molecule has 0 amide bonds. The molecule has 1 nitrogen and oxygen atoms in total. The molecule has 0 aliphatic heterocycles. The first kappa shape index (κ1) is 11.2. The van der Waals surface area contributed by atoms with Gasteiger partial charge in [-0.3, -0.25) is 4.79 Å². The van der Waals surface area contributed by atoms with Gasteiger partial charge in [0.1, 0.15) is 5.78 Å². The molecule has 0 atom stereocenters. The van der Waals surface area contributed by atoms with E-state index >= 15 is 0 Å². The van der Waals surface area contributed by atoms with Crippen molar-refractivity contribution >= 4 is 5.78 Å². The molecule has 0 aromatic rings. The lowest BCUT2D eigenvalue weighted by atomic mass is 9.89. The first-order valence-electron chi connectivity index (χ1n) is 4.37. The fraction of sp³-hybridized carbons (Fsp3) is 0.727. The minimum atomic E-state index is 0.259. The number of Topliss-reactive ketones (excluding diaryl/α,β-unsaturated/α-hetero) is 1. The molecule has 0 bridgehead atoms. The summed E-state index contributed by atoms with van der Waals surface area (Å²) in [4.78, 5) is 11.1. The van der Waals surface area contributed by atoms with Crippen LogP contribution < -0.4 is 0 Å². The van der Waals surface area contributed by atoms with Gasteiger partial charge >= 0.3 is 0 Å². The van der Waals surface area contributed by atoms with Crippen LogP contribution >= 0.6 is 0 Å². The van der Waals surface area contributed by atoms with Gasteiger partial charge in [-0.25, -0.2) is 0 Å². The fourth-order valence-electron chi connectivity index (χ4n) is 0.790. The molecule has 0 heterocycles. The second-order valence-electron chi connectivity index (χ2n) is 4.20. The number of hydrogen-bond donors (Lipinski definition) is 0. The largest absolute Gasteiger partial charge is 0.299 e. The van der Waals surface area contributed by atoms with Crippen molar-refractivity contribution in [1.82, 2.24) is 0 Å². The van der Waals surface area contributed by atoms with Crippen molar-refractivity contribution in [3.63, 3.8) is 0 Å². The summed E-state index contributed by atoms with van der Waals surface area (Å²) in [5, 5.41) is 0. The van der Waals surface area contributed by atoms with Gasteiger partial charge in [-0.2, -0.15) is 0 Å². The third-order valence-corrected chi connectivity index (χ3v) is 1.62. The predicted octanol–water partition coefficient (Wildman–Crippen LogP) is 2.80. The molecular weight excluding hydrogens is 148 g/mol. The van der Waals surface area contributed by atoms with Gasteiger partial charge < -0.3 is 0 Å². The summed E-state index contributed by atoms with van der Waals surface area (Å²) in [5.74, 6) is 5.77. The summed E-state index contributed by atoms with van der Waals surface area (Å²) in [6.45, 7) is 8.19. The molecule has 0 aliphatic carbocycles. The molecule has 0 fully saturated rings. The predicted molar refractivity (Wildman–Crippen MR) is 51.8 cm³/mol. The van der Waals surface area contributed by atoms with Crippen LogP contribution in [0.3, 0.4) is 0 Å². The van der Waals surface area contributed by atoms with E-state index in [9.17, 15) is 4.79 Å². The van der Waals surface area contributed by atoms with E-state index in [0.29, 0.717) is 12.8 Å². The van der Waals surface area contributed by atoms with E-state index in [1.807, 2.05) is 0 Å². The Morgan fingerprint density at radius 1 is 1.33 bits per heavy atom. The van der Waals surface area contributed by atoms with Crippen LogP contribution in [0, 0.1) is 17.3 Å². The van der Waals surface area contributed by atoms with Crippen LogP contribution in [-0.4, -0.2) is 5.78 Å². The molecule has 0 spiro atoms. The van der Waals surface area contributed by atoms with Gasteiger partial charge in [-0.1, -0.05) is 26.7 Å². The minimum Gasteiger partial charge on any atom is -0.299 e. The highest BCUT2D eigenvalue weighted by molar-refractivity contribution is 5.80. The topological polar surface area (TPSA) is 17.1 Å². The zero-order valence-electron chi connectivity index (χ0n) is 8.53. The van der Waals surface area contributed by atoms with Crippen LogP contribution in [0.2, 0.25) is 0 Å². The normalized spacial score (nSPS) is 10.3. The molecule has 0 N–H and O–H groups in total. The van der Waals surface area contributed by atoms with Crippen LogP contribution in [0.1, 0.15) is 47.0 Å². The standard InChI is InChI=1S/C11H18O/c1-5-6-7-10(12)8-9-11(2,3)4/h7-9H2,1-4H3. The first-order chi connectivity index (χ1) is 5.45. The molecule has 0 unspecified atom stereocenters. The van der Waals surface area contributed by atoms with Crippen molar-refractivity contribution in [3.05, 3.63) is 0 Å². The van der Waals surface area contributed by atoms with E-state index in [1.54, 1.807) is 6.92 Å². The van der Waals surface area contributed by atoms with Crippen molar-refractivity contribution < 1.29 is 4.79 Å². The van der Waals surface area contributed by atoms with Gasteiger partial charge in [-0.05, 0) is 18.8 Å². The molecule has 12 heavy (non-hydrogen) atoms. The summed E-state index contributed by atoms with van der Waals surface area (Å²) < 4.78 is 0. The molecule has 0 aliphatic rings. The highest BCUT2D eigenvalue weighted by atomic mass is 16.1. The highest BCUT2D eigenvalue weighted by Gasteiger charge is 2.11. The van der Waals surface area contributed by atoms with E-state index < -0.39 is 0 Å². The summed E-state index contributed by atoms with van der Waals surface area (Å²) in [5.41, 5.74) is 0.259. The fourth-order valence-corrected chi connectivity index (χ4v) is 0.790. The molecule has 0 aromatic carbocycles. The summed E-state index contributed by atoms with van der Waals surface area (Å²) in [6, 6.07) is 0. The average molecular weight is 166 g/mol. The van der Waals surface area contributed by atoms with Crippen molar-refractivity contribution in [2.45, 2.75) is 47.0 Å². The Hall–Kier alpha value is -0.770. The van der Waals surface area contributed by atoms with E-state index in [1.165, 1.54) is 0 Å². The van der Waals surface area contributed by atoms with Crippen LogP contribution in [-0.2, 0) is 4.79 Å². The number of carbonyl (C=O) groups is 1. The minimum absolute atomic E-state index is 0.259. The van der Waals surface area contributed by atoms with Crippen LogP contribution in [0.25, 0.3) is 0 Å². The Morgan fingerprint density at radius 3 is 2.33 bits per heavy atom. The van der Waals surface area contributed by atoms with Crippen molar-refractivity contribution in [2.75, 3.05) is 0 Å². The van der Waals surface area contributed by atoms with Gasteiger partial charge in [0.25, 0.3) is 0 Å². The molecular formula is C11H18O. The average Bonchev–Trinajstić information content (AvgIpc) is 1.95. The van der Waals surface area contributed by atoms with Gasteiger partial charge in [0.2, 0.25) is 0 Å². The SMILES string of the molecule is CC#CCC(=O)CCC(C)(C)C. The maximum absolute atomic E-state index is 11.1. The van der Waals surface area contributed by atoms with E-state index in [2.05, 4.69) is 32.6 Å². The van der Waals surface area contributed by atoms with Crippen LogP contribution in [0.4, 0.5) is 0 Å². The lowest BCUT2D eigenvalue weighted by Crippen LogP contribution is -2.08. The lowest BCUT2D eigenvalue weighted by molar-refractivity contribution is -0.118. The number of hydrogen-bond acceptors (Lipinski definition) is 1. The second kappa shape index (κ2) is 4.98. The third-order valence-electron chi connectivity index (χ3n) is 1.62. The number of carbonyl (C=O) groups excluding carboxylic acids is 1. The molecule has 68 valence electrons. The molecule has 0 saturated carbocycles. The lowest BCUT2D eigenvalue weighted by Gasteiger charge is -2.16. The van der Waals surface area contributed by atoms with Gasteiger partial charge in [0.15, 0.2) is 0 Å². The Morgan fingerprint density at radius 2 is 1.92 bits per heavy atom. The zero-order chi connectivity index (χ0) is 9.61. The van der Waals surface area contributed by atoms with Crippen LogP contribution in [0.5, 0.6) is 0 Å². The van der Waals surface area contributed by atoms with Gasteiger partial charge in [0.05, 0.1) is 6.42 Å². The molecule has 0 radical (unpaired) electrons. The quantitative estimate of drug-likeness (QED) is 0.589. The number of rotatable bonds is 3. The van der Waals surface area contributed by atoms with Gasteiger partial charge in [0, 0.05) is 6.42 Å². The maximum Gasteiger partial charge on any atom is 0.144 e. The van der Waals surface area contributed by atoms with Gasteiger partial charge in [-0.15, -0.1) is 5.92 Å². The maximum atomic E-state index is 11.1. The Kier molecular flexibility index (Phi) is 4.66. The summed E-state index contributed by atoms with van der Waals surface area (Å²) in [7, 11) is 0. The first-order valence-corrected chi connectivity index (χ1v) is 4.37. The molecule has 0 aromatic heterocycles. The molecule has 0 saturated heterocycles. The Balaban J connectivity index is 3.63. The summed E-state index contributed by atoms with van der Waals surface area (Å²) in [6.07, 6.45) is 2.04. The smallest absolute Gasteiger partial charge is 0.144 e. The van der Waals surface area contributed by atoms with E-state index in [4.69, 9.17) is 0 Å². The monoisotopic (exact) mass is 166 g/mol. The van der Waals surface area contributed by atoms with E-state index in [0.717, 1.165) is 6.42 Å². The summed E-state index contributed by atoms with van der Waals surface area (Å²) >= 11 is 0. The zero-order valence-corrected chi connectivity index (χ0v) is 8.53. The Bertz CT molecular complexity index is 197. The molecule has 1 heteroatoms. The molecule has 0 rings (SSSR count). The third kappa shape index (κ3) is 7.34. The second-order valence-corrected chi connectivity index (χ2v) is 4.20. The van der Waals surface area contributed by atoms with Crippen LogP contribution in [0.15, 0.2) is 0 Å². The van der Waals surface area contributed by atoms with Crippen molar-refractivity contribution in [2.24, 2.45) is 5.41 Å². The van der Waals surface area contributed by atoms with Crippen molar-refractivity contribution in [3.8, 4) is 11.8 Å². The number of ketones is 1. The Labute approximate surface area is 75.5 Å². The highest BCUT2D eigenvalue weighted by Crippen LogP contribution is 2.20. The van der Waals surface area contributed by atoms with E-state index in [-0.39, 0.29) is 11.2 Å².